The van der Waals surface area contributed by atoms with Gasteiger partial charge >= 0.3 is 0 Å². The Morgan fingerprint density at radius 1 is 1.09 bits per heavy atom. The van der Waals surface area contributed by atoms with Crippen molar-refractivity contribution >= 4 is 5.82 Å². The zero-order valence-corrected chi connectivity index (χ0v) is 13.3. The van der Waals surface area contributed by atoms with Gasteiger partial charge < -0.3 is 14.7 Å². The van der Waals surface area contributed by atoms with Crippen molar-refractivity contribution in [2.75, 3.05) is 24.6 Å². The Morgan fingerprint density at radius 2 is 1.77 bits per heavy atom. The Kier molecular flexibility index (Phi) is 5.72. The summed E-state index contributed by atoms with van der Waals surface area (Å²) in [6, 6.07) is 7.73. The highest BCUT2D eigenvalue weighted by Gasteiger charge is 2.08. The molecule has 0 saturated carbocycles. The van der Waals surface area contributed by atoms with Crippen LogP contribution in [0.1, 0.15) is 18.1 Å². The van der Waals surface area contributed by atoms with Crippen LogP contribution in [0.2, 0.25) is 0 Å². The summed E-state index contributed by atoms with van der Waals surface area (Å²) in [7, 11) is 0. The van der Waals surface area contributed by atoms with Gasteiger partial charge in [0.2, 0.25) is 5.88 Å². The first-order valence-electron chi connectivity index (χ1n) is 7.43. The molecule has 5 heteroatoms. The zero-order valence-electron chi connectivity index (χ0n) is 13.3. The van der Waals surface area contributed by atoms with Crippen molar-refractivity contribution < 1.29 is 9.84 Å². The van der Waals surface area contributed by atoms with E-state index in [2.05, 4.69) is 9.97 Å². The lowest BCUT2D eigenvalue weighted by Crippen LogP contribution is -2.40. The minimum absolute atomic E-state index is 0.404. The zero-order chi connectivity index (χ0) is 15.9. The van der Waals surface area contributed by atoms with E-state index >= 15 is 0 Å². The van der Waals surface area contributed by atoms with E-state index in [0.717, 1.165) is 16.9 Å². The van der Waals surface area contributed by atoms with Crippen LogP contribution in [0.5, 0.6) is 5.88 Å². The highest BCUT2D eigenvalue weighted by Crippen LogP contribution is 2.12. The molecule has 0 bridgehead atoms. The maximum absolute atomic E-state index is 11.5. The first-order valence-corrected chi connectivity index (χ1v) is 7.43. The largest absolute Gasteiger partial charge is 0.851 e. The van der Waals surface area contributed by atoms with Crippen LogP contribution in [0.25, 0.3) is 0 Å². The number of pyridine rings is 2. The topological polar surface area (TPSA) is 61.3 Å². The minimum atomic E-state index is -0.680. The second-order valence-corrected chi connectivity index (χ2v) is 5.47. The molecule has 0 aliphatic heterocycles. The average molecular weight is 300 g/mol. The van der Waals surface area contributed by atoms with E-state index in [1.807, 2.05) is 43.0 Å². The molecule has 0 aliphatic rings. The van der Waals surface area contributed by atoms with Crippen LogP contribution in [0.4, 0.5) is 5.82 Å². The molecular formula is C17H22N3O2-. The van der Waals surface area contributed by atoms with Gasteiger partial charge in [0.25, 0.3) is 0 Å². The van der Waals surface area contributed by atoms with Crippen LogP contribution < -0.4 is 14.7 Å². The molecule has 0 aliphatic carbocycles. The van der Waals surface area contributed by atoms with Crippen molar-refractivity contribution in [1.82, 2.24) is 9.97 Å². The van der Waals surface area contributed by atoms with Gasteiger partial charge in [-0.1, -0.05) is 19.1 Å². The van der Waals surface area contributed by atoms with Crippen molar-refractivity contribution in [2.24, 2.45) is 0 Å². The Labute approximate surface area is 131 Å². The normalized spacial score (nSPS) is 12.0. The highest BCUT2D eigenvalue weighted by atomic mass is 16.5. The molecule has 0 fully saturated rings. The van der Waals surface area contributed by atoms with Crippen LogP contribution in [0, 0.1) is 13.8 Å². The third kappa shape index (κ3) is 5.00. The lowest BCUT2D eigenvalue weighted by Gasteiger charge is -2.29. The van der Waals surface area contributed by atoms with Gasteiger partial charge in [0.05, 0.1) is 6.54 Å². The average Bonchev–Trinajstić information content (AvgIpc) is 2.49. The lowest BCUT2D eigenvalue weighted by atomic mass is 10.3. The van der Waals surface area contributed by atoms with Gasteiger partial charge in [-0.25, -0.2) is 9.97 Å². The SMILES string of the molecule is Cc1ccc(OCCN(CC(C)[O-])c2ccc(C)cn2)nc1. The van der Waals surface area contributed by atoms with Gasteiger partial charge in [-0.15, -0.1) is 6.10 Å². The third-order valence-electron chi connectivity index (χ3n) is 3.19. The number of aromatic nitrogens is 2. The summed E-state index contributed by atoms with van der Waals surface area (Å²) in [6.45, 7) is 7.08. The van der Waals surface area contributed by atoms with Crippen LogP contribution in [-0.4, -0.2) is 35.8 Å². The number of nitrogens with zero attached hydrogens (tertiary/aromatic N) is 3. The molecule has 0 amide bonds. The second kappa shape index (κ2) is 7.75. The van der Waals surface area contributed by atoms with Crippen LogP contribution in [0.3, 0.4) is 0 Å². The number of aryl methyl sites for hydroxylation is 2. The van der Waals surface area contributed by atoms with E-state index in [9.17, 15) is 5.11 Å². The van der Waals surface area contributed by atoms with Crippen molar-refractivity contribution in [3.63, 3.8) is 0 Å². The maximum Gasteiger partial charge on any atom is 0.213 e. The quantitative estimate of drug-likeness (QED) is 0.779. The molecule has 2 aromatic rings. The molecule has 2 heterocycles. The van der Waals surface area contributed by atoms with Gasteiger partial charge in [-0.3, -0.25) is 0 Å². The molecule has 0 aromatic carbocycles. The number of hydrogen-bond donors (Lipinski definition) is 0. The second-order valence-electron chi connectivity index (χ2n) is 5.47. The first-order chi connectivity index (χ1) is 10.5. The summed E-state index contributed by atoms with van der Waals surface area (Å²) in [5, 5.41) is 11.5. The number of ether oxygens (including phenoxy) is 1. The molecule has 1 atom stereocenters. The first kappa shape index (κ1) is 16.2. The highest BCUT2D eigenvalue weighted by molar-refractivity contribution is 5.39. The van der Waals surface area contributed by atoms with Gasteiger partial charge in [-0.05, 0) is 31.0 Å². The Bertz CT molecular complexity index is 567. The number of rotatable bonds is 7. The Balaban J connectivity index is 1.94. The molecule has 2 rings (SSSR count). The summed E-state index contributed by atoms with van der Waals surface area (Å²) in [5.41, 5.74) is 2.19. The fraction of sp³-hybridized carbons (Fsp3) is 0.412. The smallest absolute Gasteiger partial charge is 0.213 e. The lowest BCUT2D eigenvalue weighted by molar-refractivity contribution is -0.410. The molecule has 2 aromatic heterocycles. The maximum atomic E-state index is 11.5. The predicted octanol–water partition coefficient (Wildman–Crippen LogP) is 1.73. The number of hydrogen-bond acceptors (Lipinski definition) is 5. The molecule has 1 unspecified atom stereocenters. The van der Waals surface area contributed by atoms with E-state index in [4.69, 9.17) is 4.74 Å². The Hall–Kier alpha value is -2.14. The molecule has 0 radical (unpaired) electrons. The standard InChI is InChI=1S/C17H22N3O2/c1-13-4-6-16(18-10-13)20(12-15(3)21)8-9-22-17-7-5-14(2)11-19-17/h4-7,10-11,15H,8-9,12H2,1-3H3/q-1. The van der Waals surface area contributed by atoms with Crippen LogP contribution >= 0.6 is 0 Å². The van der Waals surface area contributed by atoms with Gasteiger partial charge in [0.1, 0.15) is 12.4 Å². The third-order valence-corrected chi connectivity index (χ3v) is 3.19. The van der Waals surface area contributed by atoms with Crippen molar-refractivity contribution in [3.05, 3.63) is 47.8 Å². The van der Waals surface area contributed by atoms with Crippen LogP contribution in [-0.2, 0) is 0 Å². The molecule has 22 heavy (non-hydrogen) atoms. The minimum Gasteiger partial charge on any atom is -0.851 e. The van der Waals surface area contributed by atoms with E-state index in [1.165, 1.54) is 0 Å². The van der Waals surface area contributed by atoms with Crippen LogP contribution in [0.15, 0.2) is 36.7 Å². The van der Waals surface area contributed by atoms with E-state index < -0.39 is 6.10 Å². The molecule has 5 nitrogen and oxygen atoms in total. The van der Waals surface area contributed by atoms with Gasteiger partial charge in [0, 0.05) is 25.0 Å². The van der Waals surface area contributed by atoms with Gasteiger partial charge in [-0.2, -0.15) is 0 Å². The van der Waals surface area contributed by atoms with Gasteiger partial charge in [0.15, 0.2) is 0 Å². The summed E-state index contributed by atoms with van der Waals surface area (Å²) in [4.78, 5) is 10.5. The molecule has 0 N–H and O–H groups in total. The van der Waals surface area contributed by atoms with Crippen molar-refractivity contribution in [2.45, 2.75) is 26.9 Å². The predicted molar refractivity (Wildman–Crippen MR) is 85.1 cm³/mol. The summed E-state index contributed by atoms with van der Waals surface area (Å²) >= 11 is 0. The molecular weight excluding hydrogens is 278 g/mol. The fourth-order valence-electron chi connectivity index (χ4n) is 2.06. The van der Waals surface area contributed by atoms with E-state index in [0.29, 0.717) is 25.6 Å². The van der Waals surface area contributed by atoms with E-state index in [1.54, 1.807) is 19.3 Å². The monoisotopic (exact) mass is 300 g/mol. The molecule has 118 valence electrons. The molecule has 0 saturated heterocycles. The van der Waals surface area contributed by atoms with E-state index in [-0.39, 0.29) is 0 Å². The Morgan fingerprint density at radius 3 is 2.32 bits per heavy atom. The summed E-state index contributed by atoms with van der Waals surface area (Å²) in [6.07, 6.45) is 2.90. The number of anilines is 1. The summed E-state index contributed by atoms with van der Waals surface area (Å²) in [5.74, 6) is 1.39. The molecule has 0 spiro atoms. The summed E-state index contributed by atoms with van der Waals surface area (Å²) < 4.78 is 5.64. The van der Waals surface area contributed by atoms with Crippen molar-refractivity contribution in [3.8, 4) is 5.88 Å². The van der Waals surface area contributed by atoms with Crippen molar-refractivity contribution in [1.29, 1.82) is 0 Å². The fourth-order valence-corrected chi connectivity index (χ4v) is 2.06.